The zero-order valence-corrected chi connectivity index (χ0v) is 9.37. The van der Waals surface area contributed by atoms with E-state index in [1.807, 2.05) is 18.2 Å². The van der Waals surface area contributed by atoms with Gasteiger partial charge in [0.2, 0.25) is 0 Å². The summed E-state index contributed by atoms with van der Waals surface area (Å²) in [5.74, 6) is -0.341. The van der Waals surface area contributed by atoms with E-state index in [-0.39, 0.29) is 11.8 Å². The molecule has 3 nitrogen and oxygen atoms in total. The lowest BCUT2D eigenvalue weighted by atomic mass is 9.90. The fourth-order valence-electron chi connectivity index (χ4n) is 3.17. The molecule has 4 heteroatoms. The molecule has 1 heterocycles. The molecule has 2 aliphatic rings. The van der Waals surface area contributed by atoms with Crippen LogP contribution in [0.25, 0.3) is 0 Å². The van der Waals surface area contributed by atoms with Crippen molar-refractivity contribution in [3.63, 3.8) is 0 Å². The Labute approximate surface area is 98.4 Å². The zero-order valence-electron chi connectivity index (χ0n) is 8.61. The Hall–Kier alpha value is -1.06. The molecule has 1 aliphatic heterocycles. The maximum atomic E-state index is 11.6. The average molecular weight is 238 g/mol. The predicted octanol–water partition coefficient (Wildman–Crippen LogP) is 1.51. The number of benzene rings is 1. The first-order chi connectivity index (χ1) is 7.69. The van der Waals surface area contributed by atoms with E-state index in [0.717, 1.165) is 18.7 Å². The fourth-order valence-corrected chi connectivity index (χ4v) is 3.46. The van der Waals surface area contributed by atoms with E-state index in [9.17, 15) is 9.90 Å². The van der Waals surface area contributed by atoms with Gasteiger partial charge in [-0.2, -0.15) is 0 Å². The first kappa shape index (κ1) is 10.1. The maximum Gasteiger partial charge on any atom is 0.314 e. The Kier molecular flexibility index (Phi) is 2.03. The molecule has 0 aromatic heterocycles. The number of carbonyl (C=O) groups is 1. The summed E-state index contributed by atoms with van der Waals surface area (Å²) >= 11 is 6.12. The minimum atomic E-state index is -0.739. The summed E-state index contributed by atoms with van der Waals surface area (Å²) in [6, 6.07) is 7.29. The fraction of sp³-hybridized carbons (Fsp3) is 0.417. The van der Waals surface area contributed by atoms with Crippen LogP contribution in [0.2, 0.25) is 5.02 Å². The third-order valence-corrected chi connectivity index (χ3v) is 4.28. The molecule has 2 fully saturated rings. The third-order valence-electron chi connectivity index (χ3n) is 3.95. The molecule has 2 unspecified atom stereocenters. The Balaban J connectivity index is 2.10. The van der Waals surface area contributed by atoms with Crippen LogP contribution in [0.4, 0.5) is 0 Å². The number of hydrogen-bond donors (Lipinski definition) is 2. The van der Waals surface area contributed by atoms with Crippen molar-refractivity contribution < 1.29 is 9.90 Å². The highest BCUT2D eigenvalue weighted by molar-refractivity contribution is 6.31. The van der Waals surface area contributed by atoms with Gasteiger partial charge in [0.1, 0.15) is 5.41 Å². The van der Waals surface area contributed by atoms with E-state index in [1.165, 1.54) is 0 Å². The largest absolute Gasteiger partial charge is 0.481 e. The molecule has 1 saturated carbocycles. The van der Waals surface area contributed by atoms with Crippen LogP contribution >= 0.6 is 11.6 Å². The van der Waals surface area contributed by atoms with Gasteiger partial charge in [0.25, 0.3) is 0 Å². The Morgan fingerprint density at radius 2 is 2.00 bits per heavy atom. The van der Waals surface area contributed by atoms with Crippen molar-refractivity contribution in [1.82, 2.24) is 5.32 Å². The molecule has 1 saturated heterocycles. The van der Waals surface area contributed by atoms with Crippen LogP contribution in [0.3, 0.4) is 0 Å². The van der Waals surface area contributed by atoms with Gasteiger partial charge in [0.05, 0.1) is 0 Å². The molecule has 0 radical (unpaired) electrons. The standard InChI is InChI=1S/C12H12ClNO2/c13-10-4-2-1-3-7(10)12(11(15)16)8-5-14-6-9(8)12/h1-4,8-9,14H,5-6H2,(H,15,16). The zero-order chi connectivity index (χ0) is 11.3. The van der Waals surface area contributed by atoms with Gasteiger partial charge in [-0.05, 0) is 36.6 Å². The summed E-state index contributed by atoms with van der Waals surface area (Å²) in [4.78, 5) is 11.6. The molecule has 2 N–H and O–H groups in total. The highest BCUT2D eigenvalue weighted by Gasteiger charge is 2.72. The number of nitrogens with one attached hydrogen (secondary N) is 1. The van der Waals surface area contributed by atoms with Gasteiger partial charge >= 0.3 is 5.97 Å². The van der Waals surface area contributed by atoms with Gasteiger partial charge in [-0.25, -0.2) is 0 Å². The van der Waals surface area contributed by atoms with E-state index in [1.54, 1.807) is 6.07 Å². The summed E-state index contributed by atoms with van der Waals surface area (Å²) in [7, 11) is 0. The summed E-state index contributed by atoms with van der Waals surface area (Å²) in [6.07, 6.45) is 0. The number of piperidine rings is 1. The number of carboxylic acid groups (broad SMARTS) is 1. The van der Waals surface area contributed by atoms with Crippen LogP contribution in [0.15, 0.2) is 24.3 Å². The predicted molar refractivity (Wildman–Crippen MR) is 60.6 cm³/mol. The van der Waals surface area contributed by atoms with Crippen LogP contribution < -0.4 is 5.32 Å². The first-order valence-electron chi connectivity index (χ1n) is 5.38. The Morgan fingerprint density at radius 3 is 2.56 bits per heavy atom. The van der Waals surface area contributed by atoms with Crippen molar-refractivity contribution in [2.75, 3.05) is 13.1 Å². The minimum Gasteiger partial charge on any atom is -0.481 e. The van der Waals surface area contributed by atoms with Gasteiger partial charge < -0.3 is 10.4 Å². The molecule has 16 heavy (non-hydrogen) atoms. The molecule has 1 aliphatic carbocycles. The number of halogens is 1. The van der Waals surface area contributed by atoms with Crippen LogP contribution in [-0.2, 0) is 10.2 Å². The minimum absolute atomic E-state index is 0.199. The number of aliphatic carboxylic acids is 1. The number of fused-ring (bicyclic) bond motifs is 1. The molecule has 0 spiro atoms. The second-order valence-electron chi connectivity index (χ2n) is 4.53. The van der Waals surface area contributed by atoms with Crippen LogP contribution in [0.5, 0.6) is 0 Å². The smallest absolute Gasteiger partial charge is 0.314 e. The molecule has 1 aromatic rings. The summed E-state index contributed by atoms with van der Waals surface area (Å²) in [5.41, 5.74) is 0.0458. The molecule has 84 valence electrons. The third kappa shape index (κ3) is 1.05. The summed E-state index contributed by atoms with van der Waals surface area (Å²) < 4.78 is 0. The van der Waals surface area contributed by atoms with E-state index in [4.69, 9.17) is 11.6 Å². The molecular formula is C12H12ClNO2. The molecule has 0 amide bonds. The van der Waals surface area contributed by atoms with Crippen LogP contribution in [0.1, 0.15) is 5.56 Å². The van der Waals surface area contributed by atoms with Crippen LogP contribution in [0, 0.1) is 11.8 Å². The highest BCUT2D eigenvalue weighted by atomic mass is 35.5. The molecular weight excluding hydrogens is 226 g/mol. The van der Waals surface area contributed by atoms with E-state index >= 15 is 0 Å². The van der Waals surface area contributed by atoms with E-state index < -0.39 is 11.4 Å². The van der Waals surface area contributed by atoms with Gasteiger partial charge in [-0.15, -0.1) is 0 Å². The van der Waals surface area contributed by atoms with Gasteiger partial charge in [-0.3, -0.25) is 4.79 Å². The lowest BCUT2D eigenvalue weighted by Gasteiger charge is -2.18. The van der Waals surface area contributed by atoms with E-state index in [0.29, 0.717) is 5.02 Å². The van der Waals surface area contributed by atoms with Gasteiger partial charge in [0.15, 0.2) is 0 Å². The quantitative estimate of drug-likeness (QED) is 0.820. The van der Waals surface area contributed by atoms with Crippen molar-refractivity contribution in [1.29, 1.82) is 0 Å². The number of carboxylic acids is 1. The van der Waals surface area contributed by atoms with Gasteiger partial charge in [0, 0.05) is 5.02 Å². The monoisotopic (exact) mass is 237 g/mol. The Bertz CT molecular complexity index is 450. The van der Waals surface area contributed by atoms with Crippen molar-refractivity contribution in [2.24, 2.45) is 11.8 Å². The van der Waals surface area contributed by atoms with Crippen molar-refractivity contribution in [3.8, 4) is 0 Å². The normalized spacial score (nSPS) is 35.8. The summed E-state index contributed by atoms with van der Waals surface area (Å²) in [5, 5.41) is 13.3. The van der Waals surface area contributed by atoms with E-state index in [2.05, 4.69) is 5.32 Å². The van der Waals surface area contributed by atoms with Crippen LogP contribution in [-0.4, -0.2) is 24.2 Å². The number of hydrogen-bond acceptors (Lipinski definition) is 2. The summed E-state index contributed by atoms with van der Waals surface area (Å²) in [6.45, 7) is 1.56. The lowest BCUT2D eigenvalue weighted by Crippen LogP contribution is -2.32. The second-order valence-corrected chi connectivity index (χ2v) is 4.93. The molecule has 1 aromatic carbocycles. The molecule has 3 rings (SSSR count). The first-order valence-corrected chi connectivity index (χ1v) is 5.76. The highest BCUT2D eigenvalue weighted by Crippen LogP contribution is 2.62. The lowest BCUT2D eigenvalue weighted by molar-refractivity contribution is -0.141. The van der Waals surface area contributed by atoms with Crippen molar-refractivity contribution >= 4 is 17.6 Å². The van der Waals surface area contributed by atoms with Crippen molar-refractivity contribution in [2.45, 2.75) is 5.41 Å². The molecule has 2 atom stereocenters. The number of rotatable bonds is 2. The molecule has 0 bridgehead atoms. The van der Waals surface area contributed by atoms with Gasteiger partial charge in [-0.1, -0.05) is 29.8 Å². The van der Waals surface area contributed by atoms with Crippen molar-refractivity contribution in [3.05, 3.63) is 34.9 Å². The maximum absolute atomic E-state index is 11.6. The SMILES string of the molecule is O=C(O)C1(c2ccccc2Cl)C2CNCC21. The average Bonchev–Trinajstić information content (AvgIpc) is 2.67. The Morgan fingerprint density at radius 1 is 1.38 bits per heavy atom. The second kappa shape index (κ2) is 3.22. The topological polar surface area (TPSA) is 49.3 Å².